The van der Waals surface area contributed by atoms with Gasteiger partial charge in [0, 0.05) is 12.2 Å². The van der Waals surface area contributed by atoms with E-state index >= 15 is 0 Å². The van der Waals surface area contributed by atoms with Crippen LogP contribution in [0, 0.1) is 6.92 Å². The number of aromatic nitrogens is 1. The van der Waals surface area contributed by atoms with Crippen molar-refractivity contribution >= 4 is 0 Å². The van der Waals surface area contributed by atoms with Gasteiger partial charge < -0.3 is 10.1 Å². The molecule has 0 aliphatic heterocycles. The summed E-state index contributed by atoms with van der Waals surface area (Å²) in [7, 11) is 0. The average molecular weight is 270 g/mol. The normalized spacial score (nSPS) is 10.5. The molecule has 0 radical (unpaired) electrons. The first-order valence-corrected chi connectivity index (χ1v) is 7.12. The Bertz CT molecular complexity index is 523. The predicted octanol–water partition coefficient (Wildman–Crippen LogP) is 3.47. The lowest BCUT2D eigenvalue weighted by molar-refractivity contribution is 0.303. The van der Waals surface area contributed by atoms with E-state index in [1.807, 2.05) is 19.1 Å². The third kappa shape index (κ3) is 4.35. The molecular formula is C17H22N2O. The van der Waals surface area contributed by atoms with Gasteiger partial charge in [0.05, 0.1) is 6.20 Å². The monoisotopic (exact) mass is 270 g/mol. The maximum Gasteiger partial charge on any atom is 0.138 e. The minimum Gasteiger partial charge on any atom is -0.487 e. The minimum atomic E-state index is 0.578. The van der Waals surface area contributed by atoms with Crippen molar-refractivity contribution in [3.63, 3.8) is 0 Å². The molecule has 3 nitrogen and oxygen atoms in total. The van der Waals surface area contributed by atoms with Gasteiger partial charge in [-0.15, -0.1) is 0 Å². The summed E-state index contributed by atoms with van der Waals surface area (Å²) in [6, 6.07) is 12.3. The predicted molar refractivity (Wildman–Crippen MR) is 81.7 cm³/mol. The molecule has 0 bridgehead atoms. The van der Waals surface area contributed by atoms with Gasteiger partial charge in [0.1, 0.15) is 12.4 Å². The number of hydrogen-bond acceptors (Lipinski definition) is 3. The molecule has 0 saturated carbocycles. The molecule has 0 amide bonds. The SMILES string of the molecule is CCCNCc1ccccc1COc1ccc(C)nc1. The highest BCUT2D eigenvalue weighted by atomic mass is 16.5. The van der Waals surface area contributed by atoms with Crippen LogP contribution >= 0.6 is 0 Å². The second-order valence-corrected chi connectivity index (χ2v) is 4.87. The van der Waals surface area contributed by atoms with Crippen LogP contribution < -0.4 is 10.1 Å². The summed E-state index contributed by atoms with van der Waals surface area (Å²) >= 11 is 0. The van der Waals surface area contributed by atoms with Crippen LogP contribution in [0.4, 0.5) is 0 Å². The molecule has 20 heavy (non-hydrogen) atoms. The van der Waals surface area contributed by atoms with Crippen molar-refractivity contribution in [1.29, 1.82) is 0 Å². The van der Waals surface area contributed by atoms with E-state index in [9.17, 15) is 0 Å². The maximum atomic E-state index is 5.80. The summed E-state index contributed by atoms with van der Waals surface area (Å²) < 4.78 is 5.80. The van der Waals surface area contributed by atoms with E-state index in [-0.39, 0.29) is 0 Å². The van der Waals surface area contributed by atoms with Crippen LogP contribution in [0.3, 0.4) is 0 Å². The lowest BCUT2D eigenvalue weighted by Crippen LogP contribution is -2.15. The Hall–Kier alpha value is -1.87. The topological polar surface area (TPSA) is 34.1 Å². The van der Waals surface area contributed by atoms with E-state index in [1.54, 1.807) is 6.20 Å². The summed E-state index contributed by atoms with van der Waals surface area (Å²) in [6.45, 7) is 6.65. The molecular weight excluding hydrogens is 248 g/mol. The van der Waals surface area contributed by atoms with E-state index in [4.69, 9.17) is 4.74 Å². The van der Waals surface area contributed by atoms with Crippen molar-refractivity contribution in [2.24, 2.45) is 0 Å². The second-order valence-electron chi connectivity index (χ2n) is 4.87. The number of hydrogen-bond donors (Lipinski definition) is 1. The zero-order chi connectivity index (χ0) is 14.2. The molecule has 0 unspecified atom stereocenters. The lowest BCUT2D eigenvalue weighted by Gasteiger charge is -2.11. The van der Waals surface area contributed by atoms with Gasteiger partial charge in [-0.25, -0.2) is 0 Å². The summed E-state index contributed by atoms with van der Waals surface area (Å²) in [5.41, 5.74) is 3.51. The standard InChI is InChI=1S/C17H22N2O/c1-3-10-18-11-15-6-4-5-7-16(15)13-20-17-9-8-14(2)19-12-17/h4-9,12,18H,3,10-11,13H2,1-2H3. The fraction of sp³-hybridized carbons (Fsp3) is 0.353. The van der Waals surface area contributed by atoms with Gasteiger partial charge in [-0.1, -0.05) is 31.2 Å². The van der Waals surface area contributed by atoms with Crippen LogP contribution in [-0.2, 0) is 13.2 Å². The summed E-state index contributed by atoms with van der Waals surface area (Å²) in [5, 5.41) is 3.43. The molecule has 0 aliphatic rings. The molecule has 0 saturated heterocycles. The fourth-order valence-corrected chi connectivity index (χ4v) is 1.97. The van der Waals surface area contributed by atoms with Crippen molar-refractivity contribution in [1.82, 2.24) is 10.3 Å². The number of ether oxygens (including phenoxy) is 1. The molecule has 0 spiro atoms. The Morgan fingerprint density at radius 1 is 1.10 bits per heavy atom. The van der Waals surface area contributed by atoms with Crippen LogP contribution in [0.1, 0.15) is 30.2 Å². The van der Waals surface area contributed by atoms with Crippen LogP contribution in [0.2, 0.25) is 0 Å². The Labute approximate surface area is 121 Å². The molecule has 1 N–H and O–H groups in total. The number of nitrogens with one attached hydrogen (secondary N) is 1. The maximum absolute atomic E-state index is 5.80. The molecule has 3 heteroatoms. The van der Waals surface area contributed by atoms with E-state index < -0.39 is 0 Å². The first kappa shape index (κ1) is 14.5. The van der Waals surface area contributed by atoms with Crippen molar-refractivity contribution in [3.8, 4) is 5.75 Å². The summed E-state index contributed by atoms with van der Waals surface area (Å²) in [4.78, 5) is 4.24. The van der Waals surface area contributed by atoms with Crippen molar-refractivity contribution in [2.45, 2.75) is 33.4 Å². The first-order valence-electron chi connectivity index (χ1n) is 7.12. The van der Waals surface area contributed by atoms with Gasteiger partial charge in [-0.3, -0.25) is 4.98 Å². The van der Waals surface area contributed by atoms with Crippen LogP contribution in [-0.4, -0.2) is 11.5 Å². The molecule has 0 aliphatic carbocycles. The number of benzene rings is 1. The molecule has 2 aromatic rings. The molecule has 0 fully saturated rings. The largest absolute Gasteiger partial charge is 0.487 e. The van der Waals surface area contributed by atoms with Gasteiger partial charge in [-0.2, -0.15) is 0 Å². The Kier molecular flexibility index (Phi) is 5.56. The molecule has 2 rings (SSSR count). The third-order valence-corrected chi connectivity index (χ3v) is 3.14. The van der Waals surface area contributed by atoms with Gasteiger partial charge in [-0.05, 0) is 43.1 Å². The highest BCUT2D eigenvalue weighted by Crippen LogP contribution is 2.14. The minimum absolute atomic E-state index is 0.578. The third-order valence-electron chi connectivity index (χ3n) is 3.14. The summed E-state index contributed by atoms with van der Waals surface area (Å²) in [5.74, 6) is 0.812. The first-order chi connectivity index (χ1) is 9.79. The number of aryl methyl sites for hydroxylation is 1. The van der Waals surface area contributed by atoms with Gasteiger partial charge in [0.15, 0.2) is 0 Å². The van der Waals surface area contributed by atoms with Crippen molar-refractivity contribution in [3.05, 3.63) is 59.4 Å². The summed E-state index contributed by atoms with van der Waals surface area (Å²) in [6.07, 6.45) is 2.92. The number of nitrogens with zero attached hydrogens (tertiary/aromatic N) is 1. The Balaban J connectivity index is 1.96. The highest BCUT2D eigenvalue weighted by molar-refractivity contribution is 5.27. The van der Waals surface area contributed by atoms with Gasteiger partial charge >= 0.3 is 0 Å². The average Bonchev–Trinajstić information content (AvgIpc) is 2.48. The molecule has 0 atom stereocenters. The van der Waals surface area contributed by atoms with Crippen LogP contribution in [0.25, 0.3) is 0 Å². The van der Waals surface area contributed by atoms with E-state index in [0.29, 0.717) is 6.61 Å². The van der Waals surface area contributed by atoms with E-state index in [0.717, 1.165) is 31.0 Å². The quantitative estimate of drug-likeness (QED) is 0.782. The van der Waals surface area contributed by atoms with Crippen molar-refractivity contribution < 1.29 is 4.74 Å². The molecule has 1 aromatic heterocycles. The Morgan fingerprint density at radius 3 is 2.60 bits per heavy atom. The fourth-order valence-electron chi connectivity index (χ4n) is 1.97. The zero-order valence-corrected chi connectivity index (χ0v) is 12.2. The van der Waals surface area contributed by atoms with Crippen LogP contribution in [0.15, 0.2) is 42.6 Å². The molecule has 1 aromatic carbocycles. The van der Waals surface area contributed by atoms with Gasteiger partial charge in [0.2, 0.25) is 0 Å². The lowest BCUT2D eigenvalue weighted by atomic mass is 10.1. The van der Waals surface area contributed by atoms with E-state index in [1.165, 1.54) is 11.1 Å². The van der Waals surface area contributed by atoms with Crippen molar-refractivity contribution in [2.75, 3.05) is 6.54 Å². The van der Waals surface area contributed by atoms with Gasteiger partial charge in [0.25, 0.3) is 0 Å². The molecule has 1 heterocycles. The number of pyridine rings is 1. The zero-order valence-electron chi connectivity index (χ0n) is 12.2. The van der Waals surface area contributed by atoms with E-state index in [2.05, 4.69) is 41.5 Å². The Morgan fingerprint density at radius 2 is 1.90 bits per heavy atom. The number of rotatable bonds is 7. The second kappa shape index (κ2) is 7.65. The smallest absolute Gasteiger partial charge is 0.138 e. The molecule has 106 valence electrons. The van der Waals surface area contributed by atoms with Crippen LogP contribution in [0.5, 0.6) is 5.75 Å². The highest BCUT2D eigenvalue weighted by Gasteiger charge is 2.02.